The average molecular weight is 323 g/mol. The van der Waals surface area contributed by atoms with E-state index in [1.165, 1.54) is 38.5 Å². The molecule has 0 fully saturated rings. The Balaban J connectivity index is 2.45. The first-order chi connectivity index (χ1) is 11.1. The lowest BCUT2D eigenvalue weighted by Crippen LogP contribution is -2.63. The number of aliphatic imine (C=N–C) groups is 1. The highest BCUT2D eigenvalue weighted by molar-refractivity contribution is 5.73. The monoisotopic (exact) mass is 322 g/mol. The summed E-state index contributed by atoms with van der Waals surface area (Å²) in [5, 5.41) is 3.06. The van der Waals surface area contributed by atoms with Gasteiger partial charge in [0, 0.05) is 13.8 Å². The van der Waals surface area contributed by atoms with Crippen molar-refractivity contribution in [2.45, 2.75) is 85.0 Å². The molecule has 3 unspecified atom stereocenters. The Morgan fingerprint density at radius 3 is 2.65 bits per heavy atom. The number of hydrogen-bond donors (Lipinski definition) is 1. The van der Waals surface area contributed by atoms with Crippen LogP contribution in [-0.2, 0) is 4.79 Å². The predicted octanol–water partition coefficient (Wildman–Crippen LogP) is 4.02. The second kappa shape index (κ2) is 10.6. The number of carbonyl (C=O) groups is 1. The van der Waals surface area contributed by atoms with Gasteiger partial charge in [0.25, 0.3) is 0 Å². The fourth-order valence-corrected chi connectivity index (χ4v) is 3.43. The average Bonchev–Trinajstić information content (AvgIpc) is 2.93. The number of rotatable bonds is 11. The zero-order chi connectivity index (χ0) is 17.1. The van der Waals surface area contributed by atoms with E-state index in [1.54, 1.807) is 6.92 Å². The second-order valence-corrected chi connectivity index (χ2v) is 6.71. The molecule has 1 heterocycles. The maximum Gasteiger partial charge on any atom is 0.221 e. The summed E-state index contributed by atoms with van der Waals surface area (Å²) < 4.78 is 0.798. The van der Waals surface area contributed by atoms with Gasteiger partial charge in [-0.25, -0.2) is 4.99 Å². The van der Waals surface area contributed by atoms with E-state index >= 15 is 0 Å². The van der Waals surface area contributed by atoms with Crippen LogP contribution < -0.4 is 5.32 Å². The number of likely N-dealkylation sites (N-methyl/N-ethyl adjacent to an activating group) is 1. The Bertz CT molecular complexity index is 405. The Kier molecular flexibility index (Phi) is 9.15. The summed E-state index contributed by atoms with van der Waals surface area (Å²) in [5.41, 5.74) is 0. The van der Waals surface area contributed by atoms with Gasteiger partial charge in [0.1, 0.15) is 6.54 Å². The SMILES string of the molecule is CCCCCCCC/C=C/C1N=CC[N+]1(CC)C(C)NC(C)=O. The minimum Gasteiger partial charge on any atom is -0.307 e. The van der Waals surface area contributed by atoms with Crippen LogP contribution in [0.4, 0.5) is 0 Å². The summed E-state index contributed by atoms with van der Waals surface area (Å²) in [6.07, 6.45) is 15.9. The molecule has 4 heteroatoms. The van der Waals surface area contributed by atoms with Gasteiger partial charge >= 0.3 is 0 Å². The maximum atomic E-state index is 11.4. The molecule has 4 nitrogen and oxygen atoms in total. The number of carbonyl (C=O) groups excluding carboxylic acids is 1. The Hall–Kier alpha value is -1.16. The zero-order valence-corrected chi connectivity index (χ0v) is 15.6. The summed E-state index contributed by atoms with van der Waals surface area (Å²) in [7, 11) is 0. The normalized spacial score (nSPS) is 25.1. The lowest BCUT2D eigenvalue weighted by molar-refractivity contribution is -0.953. The van der Waals surface area contributed by atoms with E-state index in [0.29, 0.717) is 0 Å². The van der Waals surface area contributed by atoms with Crippen LogP contribution in [0, 0.1) is 0 Å². The lowest BCUT2D eigenvalue weighted by atomic mass is 10.1. The van der Waals surface area contributed by atoms with Crippen LogP contribution in [0.5, 0.6) is 0 Å². The first kappa shape index (κ1) is 19.9. The summed E-state index contributed by atoms with van der Waals surface area (Å²) >= 11 is 0. The Morgan fingerprint density at radius 1 is 1.30 bits per heavy atom. The molecule has 0 aromatic rings. The highest BCUT2D eigenvalue weighted by Gasteiger charge is 2.41. The zero-order valence-electron chi connectivity index (χ0n) is 15.6. The van der Waals surface area contributed by atoms with Gasteiger partial charge in [0.05, 0.1) is 12.8 Å². The number of nitrogens with one attached hydrogen (secondary N) is 1. The maximum absolute atomic E-state index is 11.4. The van der Waals surface area contributed by atoms with Crippen LogP contribution in [0.2, 0.25) is 0 Å². The molecule has 0 saturated carbocycles. The minimum atomic E-state index is 0.0326. The van der Waals surface area contributed by atoms with E-state index < -0.39 is 0 Å². The van der Waals surface area contributed by atoms with E-state index in [4.69, 9.17) is 0 Å². The number of hydrogen-bond acceptors (Lipinski definition) is 2. The van der Waals surface area contributed by atoms with Crippen LogP contribution >= 0.6 is 0 Å². The van der Waals surface area contributed by atoms with E-state index in [0.717, 1.165) is 24.0 Å². The van der Waals surface area contributed by atoms with Crippen LogP contribution in [0.1, 0.15) is 72.6 Å². The third kappa shape index (κ3) is 6.09. The molecule has 0 aromatic carbocycles. The van der Waals surface area contributed by atoms with Crippen LogP contribution in [0.15, 0.2) is 17.1 Å². The summed E-state index contributed by atoms with van der Waals surface area (Å²) in [5.74, 6) is 0.0326. The minimum absolute atomic E-state index is 0.0326. The Morgan fingerprint density at radius 2 is 2.00 bits per heavy atom. The third-order valence-corrected chi connectivity index (χ3v) is 5.01. The molecule has 0 saturated heterocycles. The molecular weight excluding hydrogens is 286 g/mol. The smallest absolute Gasteiger partial charge is 0.221 e. The van der Waals surface area contributed by atoms with Gasteiger partial charge < -0.3 is 5.32 Å². The molecule has 1 N–H and O–H groups in total. The van der Waals surface area contributed by atoms with Crippen molar-refractivity contribution in [2.75, 3.05) is 13.1 Å². The number of nitrogens with zero attached hydrogens (tertiary/aromatic N) is 2. The molecule has 23 heavy (non-hydrogen) atoms. The molecular formula is C19H36N3O+. The van der Waals surface area contributed by atoms with Gasteiger partial charge in [-0.05, 0) is 25.8 Å². The van der Waals surface area contributed by atoms with E-state index in [2.05, 4.69) is 43.2 Å². The van der Waals surface area contributed by atoms with E-state index in [1.807, 2.05) is 6.21 Å². The quantitative estimate of drug-likeness (QED) is 0.348. The highest BCUT2D eigenvalue weighted by atomic mass is 16.1. The summed E-state index contributed by atoms with van der Waals surface area (Å²) in [6.45, 7) is 9.97. The topological polar surface area (TPSA) is 41.5 Å². The molecule has 0 bridgehead atoms. The predicted molar refractivity (Wildman–Crippen MR) is 98.4 cm³/mol. The van der Waals surface area contributed by atoms with Crippen molar-refractivity contribution in [3.8, 4) is 0 Å². The van der Waals surface area contributed by atoms with Gasteiger partial charge in [0.2, 0.25) is 12.1 Å². The van der Waals surface area contributed by atoms with Crippen molar-refractivity contribution >= 4 is 12.1 Å². The van der Waals surface area contributed by atoms with Gasteiger partial charge in [-0.1, -0.05) is 45.1 Å². The van der Waals surface area contributed by atoms with Gasteiger partial charge in [-0.3, -0.25) is 9.28 Å². The molecule has 0 spiro atoms. The molecule has 3 atom stereocenters. The molecule has 0 aromatic heterocycles. The number of quaternary nitrogens is 1. The van der Waals surface area contributed by atoms with Crippen LogP contribution in [-0.4, -0.2) is 42.0 Å². The van der Waals surface area contributed by atoms with E-state index in [-0.39, 0.29) is 18.2 Å². The fourth-order valence-electron chi connectivity index (χ4n) is 3.43. The first-order valence-corrected chi connectivity index (χ1v) is 9.38. The number of allylic oxidation sites excluding steroid dienone is 1. The molecule has 0 radical (unpaired) electrons. The molecule has 1 aliphatic heterocycles. The first-order valence-electron chi connectivity index (χ1n) is 9.38. The van der Waals surface area contributed by atoms with Gasteiger partial charge in [-0.2, -0.15) is 0 Å². The van der Waals surface area contributed by atoms with E-state index in [9.17, 15) is 4.79 Å². The molecule has 1 aliphatic rings. The second-order valence-electron chi connectivity index (χ2n) is 6.71. The van der Waals surface area contributed by atoms with Crippen molar-refractivity contribution < 1.29 is 9.28 Å². The fraction of sp³-hybridized carbons (Fsp3) is 0.789. The number of unbranched alkanes of at least 4 members (excludes halogenated alkanes) is 6. The van der Waals surface area contributed by atoms with Crippen LogP contribution in [0.3, 0.4) is 0 Å². The largest absolute Gasteiger partial charge is 0.307 e. The summed E-state index contributed by atoms with van der Waals surface area (Å²) in [6, 6.07) is 0. The lowest BCUT2D eigenvalue weighted by Gasteiger charge is -2.41. The molecule has 1 rings (SSSR count). The van der Waals surface area contributed by atoms with Crippen molar-refractivity contribution in [1.29, 1.82) is 0 Å². The number of amides is 1. The van der Waals surface area contributed by atoms with Crippen molar-refractivity contribution in [2.24, 2.45) is 4.99 Å². The summed E-state index contributed by atoms with van der Waals surface area (Å²) in [4.78, 5) is 16.1. The molecule has 0 aliphatic carbocycles. The highest BCUT2D eigenvalue weighted by Crippen LogP contribution is 2.24. The third-order valence-electron chi connectivity index (χ3n) is 5.01. The molecule has 1 amide bonds. The van der Waals surface area contributed by atoms with Gasteiger partial charge in [0.15, 0.2) is 6.17 Å². The molecule has 132 valence electrons. The Labute approximate surface area is 142 Å². The van der Waals surface area contributed by atoms with Crippen molar-refractivity contribution in [1.82, 2.24) is 5.32 Å². The van der Waals surface area contributed by atoms with Gasteiger partial charge in [-0.15, -0.1) is 0 Å². The van der Waals surface area contributed by atoms with Crippen molar-refractivity contribution in [3.63, 3.8) is 0 Å². The van der Waals surface area contributed by atoms with Crippen LogP contribution in [0.25, 0.3) is 0 Å². The van der Waals surface area contributed by atoms with Crippen molar-refractivity contribution in [3.05, 3.63) is 12.2 Å². The standard InChI is InChI=1S/C19H35N3O/c1-5-7-8-9-10-11-12-13-14-19-20-15-16-22(19,6-2)17(3)21-18(4)23/h13-15,17,19H,5-12,16H2,1-4H3/p+1/b14-13+.